The third-order valence-electron chi connectivity index (χ3n) is 2.29. The first-order valence-electron chi connectivity index (χ1n) is 5.22. The number of carbonyl (C=O) groups is 1. The van der Waals surface area contributed by atoms with E-state index in [0.29, 0.717) is 12.2 Å². The maximum Gasteiger partial charge on any atom is 0.344 e. The van der Waals surface area contributed by atoms with E-state index in [-0.39, 0.29) is 0 Å². The van der Waals surface area contributed by atoms with E-state index in [2.05, 4.69) is 0 Å². The van der Waals surface area contributed by atoms with Crippen molar-refractivity contribution in [1.82, 2.24) is 0 Å². The second-order valence-corrected chi connectivity index (χ2v) is 3.60. The molecule has 2 N–H and O–H groups in total. The molecule has 16 heavy (non-hydrogen) atoms. The van der Waals surface area contributed by atoms with Gasteiger partial charge in [0.25, 0.3) is 0 Å². The van der Waals surface area contributed by atoms with Gasteiger partial charge in [-0.1, -0.05) is 19.1 Å². The molecule has 0 aliphatic heterocycles. The number of rotatable bonds is 5. The second kappa shape index (κ2) is 5.51. The maximum absolute atomic E-state index is 10.7. The third kappa shape index (κ3) is 3.24. The van der Waals surface area contributed by atoms with Gasteiger partial charge in [0.05, 0.1) is 6.10 Å². The predicted octanol–water partition coefficient (Wildman–Crippen LogP) is 1.98. The first-order chi connectivity index (χ1) is 7.54. The number of hydrogen-bond acceptors (Lipinski definition) is 3. The number of aliphatic hydroxyl groups excluding tert-OH is 1. The van der Waals surface area contributed by atoms with Crippen molar-refractivity contribution in [2.75, 3.05) is 0 Å². The molecule has 1 rings (SSSR count). The zero-order valence-corrected chi connectivity index (χ0v) is 9.38. The highest BCUT2D eigenvalue weighted by Crippen LogP contribution is 2.18. The van der Waals surface area contributed by atoms with E-state index in [0.717, 1.165) is 5.56 Å². The van der Waals surface area contributed by atoms with Crippen LogP contribution in [0.25, 0.3) is 0 Å². The molecule has 0 fully saturated rings. The van der Waals surface area contributed by atoms with Crippen LogP contribution in [0.15, 0.2) is 24.3 Å². The fourth-order valence-corrected chi connectivity index (χ4v) is 1.30. The zero-order chi connectivity index (χ0) is 12.1. The van der Waals surface area contributed by atoms with Gasteiger partial charge in [-0.15, -0.1) is 0 Å². The lowest BCUT2D eigenvalue weighted by atomic mass is 10.1. The van der Waals surface area contributed by atoms with Crippen molar-refractivity contribution in [3.8, 4) is 5.75 Å². The molecule has 0 aliphatic rings. The quantitative estimate of drug-likeness (QED) is 0.802. The van der Waals surface area contributed by atoms with Gasteiger partial charge in [0.2, 0.25) is 0 Å². The molecular weight excluding hydrogens is 208 g/mol. The van der Waals surface area contributed by atoms with E-state index in [4.69, 9.17) is 9.84 Å². The van der Waals surface area contributed by atoms with Crippen LogP contribution in [-0.2, 0) is 4.79 Å². The highest BCUT2D eigenvalue weighted by atomic mass is 16.5. The summed E-state index contributed by atoms with van der Waals surface area (Å²) in [6.07, 6.45) is -0.944. The van der Waals surface area contributed by atoms with Gasteiger partial charge in [0, 0.05) is 0 Å². The van der Waals surface area contributed by atoms with Crippen LogP contribution in [0.5, 0.6) is 5.75 Å². The number of carboxylic acids is 1. The summed E-state index contributed by atoms with van der Waals surface area (Å²) in [5, 5.41) is 18.1. The average molecular weight is 224 g/mol. The summed E-state index contributed by atoms with van der Waals surface area (Å²) >= 11 is 0. The van der Waals surface area contributed by atoms with E-state index >= 15 is 0 Å². The summed E-state index contributed by atoms with van der Waals surface area (Å²) in [4.78, 5) is 10.7. The van der Waals surface area contributed by atoms with Crippen molar-refractivity contribution < 1.29 is 19.7 Å². The minimum absolute atomic E-state index is 0.410. The summed E-state index contributed by atoms with van der Waals surface area (Å²) < 4.78 is 5.28. The zero-order valence-electron chi connectivity index (χ0n) is 9.38. The van der Waals surface area contributed by atoms with Gasteiger partial charge in [-0.25, -0.2) is 4.79 Å². The largest absolute Gasteiger partial charge is 0.479 e. The molecule has 0 saturated carbocycles. The molecule has 2 unspecified atom stereocenters. The van der Waals surface area contributed by atoms with Crippen LogP contribution in [0, 0.1) is 0 Å². The molecule has 0 amide bonds. The van der Waals surface area contributed by atoms with E-state index in [1.807, 2.05) is 0 Å². The summed E-state index contributed by atoms with van der Waals surface area (Å²) in [7, 11) is 0. The first-order valence-corrected chi connectivity index (χ1v) is 5.22. The molecule has 0 heterocycles. The van der Waals surface area contributed by atoms with Crippen molar-refractivity contribution in [1.29, 1.82) is 0 Å². The molecule has 1 aromatic carbocycles. The van der Waals surface area contributed by atoms with Crippen LogP contribution in [0.1, 0.15) is 31.9 Å². The maximum atomic E-state index is 10.7. The van der Waals surface area contributed by atoms with E-state index in [9.17, 15) is 9.90 Å². The molecule has 2 atom stereocenters. The van der Waals surface area contributed by atoms with Crippen LogP contribution in [-0.4, -0.2) is 22.3 Å². The Kier molecular flexibility index (Phi) is 4.31. The number of aliphatic carboxylic acids is 1. The lowest BCUT2D eigenvalue weighted by molar-refractivity contribution is -0.145. The highest BCUT2D eigenvalue weighted by molar-refractivity contribution is 5.72. The van der Waals surface area contributed by atoms with Crippen LogP contribution in [0.4, 0.5) is 0 Å². The Morgan fingerprint density at radius 3 is 2.31 bits per heavy atom. The Morgan fingerprint density at radius 1 is 1.38 bits per heavy atom. The Morgan fingerprint density at radius 2 is 1.94 bits per heavy atom. The molecule has 4 nitrogen and oxygen atoms in total. The molecule has 0 aliphatic carbocycles. The van der Waals surface area contributed by atoms with E-state index in [1.54, 1.807) is 38.1 Å². The molecule has 1 aromatic rings. The summed E-state index contributed by atoms with van der Waals surface area (Å²) in [5.74, 6) is -0.472. The van der Waals surface area contributed by atoms with Gasteiger partial charge in [0.1, 0.15) is 5.75 Å². The molecule has 4 heteroatoms. The molecule has 0 saturated heterocycles. The van der Waals surface area contributed by atoms with Crippen molar-refractivity contribution in [2.24, 2.45) is 0 Å². The van der Waals surface area contributed by atoms with Crippen molar-refractivity contribution in [3.63, 3.8) is 0 Å². The second-order valence-electron chi connectivity index (χ2n) is 3.60. The number of ether oxygens (including phenoxy) is 1. The standard InChI is InChI=1S/C12H16O4/c1-3-11(12(14)15)16-10-6-4-9(5-7-10)8(2)13/h4-8,11,13H,3H2,1-2H3,(H,14,15). The monoisotopic (exact) mass is 224 g/mol. The van der Waals surface area contributed by atoms with Crippen LogP contribution in [0.3, 0.4) is 0 Å². The lowest BCUT2D eigenvalue weighted by Crippen LogP contribution is -2.25. The number of carboxylic acid groups (broad SMARTS) is 1. The fourth-order valence-electron chi connectivity index (χ4n) is 1.30. The van der Waals surface area contributed by atoms with Gasteiger partial charge in [-0.2, -0.15) is 0 Å². The van der Waals surface area contributed by atoms with Crippen molar-refractivity contribution >= 4 is 5.97 Å². The smallest absolute Gasteiger partial charge is 0.344 e. The van der Waals surface area contributed by atoms with Crippen molar-refractivity contribution in [2.45, 2.75) is 32.5 Å². The van der Waals surface area contributed by atoms with Gasteiger partial charge < -0.3 is 14.9 Å². The van der Waals surface area contributed by atoms with E-state index in [1.165, 1.54) is 0 Å². The topological polar surface area (TPSA) is 66.8 Å². The van der Waals surface area contributed by atoms with Gasteiger partial charge in [0.15, 0.2) is 6.10 Å². The molecule has 88 valence electrons. The number of aliphatic hydroxyl groups is 1. The Balaban J connectivity index is 2.71. The molecule has 0 bridgehead atoms. The molecule has 0 radical (unpaired) electrons. The lowest BCUT2D eigenvalue weighted by Gasteiger charge is -2.13. The number of hydrogen-bond donors (Lipinski definition) is 2. The minimum Gasteiger partial charge on any atom is -0.479 e. The van der Waals surface area contributed by atoms with Crippen LogP contribution >= 0.6 is 0 Å². The first kappa shape index (κ1) is 12.5. The number of benzene rings is 1. The molecular formula is C12H16O4. The highest BCUT2D eigenvalue weighted by Gasteiger charge is 2.16. The predicted molar refractivity (Wildman–Crippen MR) is 59.4 cm³/mol. The molecule has 0 spiro atoms. The van der Waals surface area contributed by atoms with Gasteiger partial charge >= 0.3 is 5.97 Å². The SMILES string of the molecule is CCC(Oc1ccc(C(C)O)cc1)C(=O)O. The summed E-state index contributed by atoms with van der Waals surface area (Å²) in [6, 6.07) is 6.75. The minimum atomic E-state index is -0.970. The Bertz CT molecular complexity index is 343. The Hall–Kier alpha value is -1.55. The summed E-state index contributed by atoms with van der Waals surface area (Å²) in [6.45, 7) is 3.42. The van der Waals surface area contributed by atoms with Crippen molar-refractivity contribution in [3.05, 3.63) is 29.8 Å². The Labute approximate surface area is 94.5 Å². The van der Waals surface area contributed by atoms with Gasteiger partial charge in [-0.05, 0) is 31.0 Å². The van der Waals surface area contributed by atoms with Crippen LogP contribution in [0.2, 0.25) is 0 Å². The normalized spacial score (nSPS) is 14.2. The fraction of sp³-hybridized carbons (Fsp3) is 0.417. The molecule has 0 aromatic heterocycles. The van der Waals surface area contributed by atoms with Crippen LogP contribution < -0.4 is 4.74 Å². The summed E-state index contributed by atoms with van der Waals surface area (Å²) in [5.41, 5.74) is 0.774. The van der Waals surface area contributed by atoms with Gasteiger partial charge in [-0.3, -0.25) is 0 Å². The third-order valence-corrected chi connectivity index (χ3v) is 2.29. The average Bonchev–Trinajstić information content (AvgIpc) is 2.26. The van der Waals surface area contributed by atoms with E-state index < -0.39 is 18.2 Å².